The summed E-state index contributed by atoms with van der Waals surface area (Å²) in [7, 11) is 2.89. The Bertz CT molecular complexity index is 3920. The quantitative estimate of drug-likeness (QED) is 0.0890. The van der Waals surface area contributed by atoms with Crippen LogP contribution in [-0.2, 0) is 16.1 Å². The van der Waals surface area contributed by atoms with Crippen molar-refractivity contribution < 1.29 is 19.1 Å². The minimum absolute atomic E-state index is 0.0312. The number of para-hydroxylation sites is 5. The largest absolute Gasteiger partial charge is 0.496 e. The Labute approximate surface area is 402 Å². The van der Waals surface area contributed by atoms with E-state index in [4.69, 9.17) is 9.47 Å². The Balaban J connectivity index is 1.09. The predicted octanol–water partition coefficient (Wildman–Crippen LogP) is 4.37. The summed E-state index contributed by atoms with van der Waals surface area (Å²) < 4.78 is 12.6. The fraction of sp³-hybridized carbons (Fsp3) is 0.109. The van der Waals surface area contributed by atoms with Gasteiger partial charge in [0.2, 0.25) is 18.0 Å². The number of nitrogens with zero attached hydrogens (tertiary/aromatic N) is 14. The summed E-state index contributed by atoms with van der Waals surface area (Å²) in [5.74, 6) is -2.85. The number of nitriles is 2. The number of aromatic nitrogens is 11. The van der Waals surface area contributed by atoms with Gasteiger partial charge >= 0.3 is 5.69 Å². The molecular formula is C46H33N19O7. The van der Waals surface area contributed by atoms with Crippen LogP contribution >= 0.6 is 0 Å². The van der Waals surface area contributed by atoms with Crippen LogP contribution in [0.1, 0.15) is 40.4 Å². The van der Waals surface area contributed by atoms with E-state index in [1.807, 2.05) is 12.1 Å². The molecule has 0 aliphatic carbocycles. The minimum Gasteiger partial charge on any atom is -0.496 e. The normalized spacial score (nSPS) is 12.1. The minimum atomic E-state index is -1.67. The summed E-state index contributed by atoms with van der Waals surface area (Å²) in [6, 6.07) is 26.9. The Morgan fingerprint density at radius 2 is 1.18 bits per heavy atom. The van der Waals surface area contributed by atoms with Crippen LogP contribution in [-0.4, -0.2) is 80.5 Å². The maximum Gasteiger partial charge on any atom is 0.351 e. The first kappa shape index (κ1) is 46.2. The zero-order valence-corrected chi connectivity index (χ0v) is 37.4. The molecule has 4 aromatic carbocycles. The lowest BCUT2D eigenvalue weighted by Crippen LogP contribution is -2.30. The first-order chi connectivity index (χ1) is 35.1. The number of fused-ring (bicyclic) bond motifs is 2. The number of nitrogens with one attached hydrogen (secondary N) is 5. The second-order valence-electron chi connectivity index (χ2n) is 15.0. The van der Waals surface area contributed by atoms with Gasteiger partial charge in [0.15, 0.2) is 11.6 Å². The molecule has 0 saturated heterocycles. The number of benzene rings is 4. The molecule has 0 aliphatic heterocycles. The van der Waals surface area contributed by atoms with Crippen molar-refractivity contribution >= 4 is 50.9 Å². The number of anilines is 1. The third-order valence-electron chi connectivity index (χ3n) is 10.6. The number of azo groups is 2. The molecule has 9 aromatic rings. The fourth-order valence-corrected chi connectivity index (χ4v) is 7.13. The number of ether oxygens (including phenoxy) is 2. The van der Waals surface area contributed by atoms with Crippen LogP contribution in [0.2, 0.25) is 0 Å². The molecule has 2 unspecified atom stereocenters. The maximum atomic E-state index is 14.1. The van der Waals surface area contributed by atoms with Gasteiger partial charge in [-0.1, -0.05) is 54.6 Å². The summed E-state index contributed by atoms with van der Waals surface area (Å²) >= 11 is 0. The third kappa shape index (κ3) is 9.35. The van der Waals surface area contributed by atoms with E-state index in [0.29, 0.717) is 17.1 Å². The maximum absolute atomic E-state index is 14.1. The second kappa shape index (κ2) is 20.1. The van der Waals surface area contributed by atoms with Crippen molar-refractivity contribution in [1.82, 2.24) is 59.8 Å². The topological polar surface area (TPSA) is 359 Å². The molecule has 9 rings (SSSR count). The van der Waals surface area contributed by atoms with Crippen molar-refractivity contribution in [3.05, 3.63) is 169 Å². The molecule has 72 heavy (non-hydrogen) atoms. The average Bonchev–Trinajstić information content (AvgIpc) is 4.02. The number of carbonyl (C=O) groups is 2. The van der Waals surface area contributed by atoms with Crippen LogP contribution in [0.15, 0.2) is 144 Å². The van der Waals surface area contributed by atoms with Crippen LogP contribution < -0.4 is 36.9 Å². The van der Waals surface area contributed by atoms with Gasteiger partial charge < -0.3 is 30.1 Å². The van der Waals surface area contributed by atoms with Gasteiger partial charge in [-0.05, 0) is 42.5 Å². The van der Waals surface area contributed by atoms with Gasteiger partial charge in [-0.25, -0.2) is 14.8 Å². The molecule has 2 amide bonds. The Morgan fingerprint density at radius 1 is 0.653 bits per heavy atom. The third-order valence-corrected chi connectivity index (χ3v) is 10.6. The van der Waals surface area contributed by atoms with Crippen molar-refractivity contribution in [3.8, 4) is 35.5 Å². The molecule has 0 bridgehead atoms. The molecule has 5 aromatic heterocycles. The zero-order valence-electron chi connectivity index (χ0n) is 37.4. The molecule has 354 valence electrons. The van der Waals surface area contributed by atoms with Crippen LogP contribution in [0.25, 0.3) is 33.7 Å². The lowest BCUT2D eigenvalue weighted by molar-refractivity contribution is -0.123. The molecule has 0 spiro atoms. The molecule has 5 heterocycles. The summed E-state index contributed by atoms with van der Waals surface area (Å²) in [5, 5.41) is 51.6. The number of H-pyrrole nitrogens is 3. The molecule has 5 N–H and O–H groups in total. The molecule has 0 fully saturated rings. The van der Waals surface area contributed by atoms with Gasteiger partial charge in [0.25, 0.3) is 28.9 Å². The second-order valence-corrected chi connectivity index (χ2v) is 15.0. The highest BCUT2D eigenvalue weighted by atomic mass is 16.5. The van der Waals surface area contributed by atoms with Crippen molar-refractivity contribution in [2.24, 2.45) is 20.5 Å². The first-order valence-electron chi connectivity index (χ1n) is 21.2. The van der Waals surface area contributed by atoms with Gasteiger partial charge in [-0.2, -0.15) is 50.3 Å². The lowest BCUT2D eigenvalue weighted by Gasteiger charge is -2.14. The molecule has 26 heteroatoms. The number of rotatable bonds is 15. The Morgan fingerprint density at radius 3 is 1.79 bits per heavy atom. The van der Waals surface area contributed by atoms with Crippen LogP contribution in [0.5, 0.6) is 11.5 Å². The number of hydrogen-bond donors (Lipinski definition) is 5. The summed E-state index contributed by atoms with van der Waals surface area (Å²) in [6.07, 6.45) is 2.16. The van der Waals surface area contributed by atoms with E-state index in [1.54, 1.807) is 97.1 Å². The predicted molar refractivity (Wildman–Crippen MR) is 252 cm³/mol. The van der Waals surface area contributed by atoms with Gasteiger partial charge in [-0.3, -0.25) is 24.2 Å². The molecule has 2 atom stereocenters. The smallest absolute Gasteiger partial charge is 0.351 e. The monoisotopic (exact) mass is 963 g/mol. The number of aromatic amines is 3. The Hall–Kier alpha value is -10.9. The van der Waals surface area contributed by atoms with E-state index in [1.165, 1.54) is 14.2 Å². The van der Waals surface area contributed by atoms with Crippen LogP contribution in [0.3, 0.4) is 0 Å². The van der Waals surface area contributed by atoms with E-state index in [-0.39, 0.29) is 68.4 Å². The van der Waals surface area contributed by atoms with E-state index in [9.17, 15) is 34.5 Å². The van der Waals surface area contributed by atoms with E-state index in [0.717, 1.165) is 21.8 Å². The van der Waals surface area contributed by atoms with Crippen LogP contribution in [0, 0.1) is 22.7 Å². The lowest BCUT2D eigenvalue weighted by atomic mass is 10.2. The van der Waals surface area contributed by atoms with E-state index >= 15 is 0 Å². The van der Waals surface area contributed by atoms with Crippen LogP contribution in [0.4, 0.5) is 17.3 Å². The highest BCUT2D eigenvalue weighted by Gasteiger charge is 2.28. The summed E-state index contributed by atoms with van der Waals surface area (Å²) in [4.78, 5) is 92.7. The van der Waals surface area contributed by atoms with Crippen molar-refractivity contribution in [2.75, 3.05) is 19.5 Å². The average molecular weight is 964 g/mol. The molecular weight excluding hydrogens is 931 g/mol. The van der Waals surface area contributed by atoms with Gasteiger partial charge in [0.05, 0.1) is 54.1 Å². The molecule has 0 saturated carbocycles. The Kier molecular flexibility index (Phi) is 12.9. The fourth-order valence-electron chi connectivity index (χ4n) is 7.13. The molecule has 0 aliphatic rings. The highest BCUT2D eigenvalue weighted by molar-refractivity contribution is 5.96. The summed E-state index contributed by atoms with van der Waals surface area (Å²) in [5.41, 5.74) is -1.23. The highest BCUT2D eigenvalue weighted by Crippen LogP contribution is 2.30. The SMILES string of the molecule is COc1ccccc1CNC(=O)C(N=Nc1c(C#N)cnn1-c1nc(-n2ncc(C#N)c2N=NC(C(=O)Nc2ccccc2OC)c2nc3ccccc3c(=O)[nH]2)[nH]c(=O)n1)c1nc2ccccc2c(=O)[nH]1. The number of carbonyl (C=O) groups excluding carboxylic acids is 2. The van der Waals surface area contributed by atoms with Gasteiger partial charge in [0, 0.05) is 12.1 Å². The van der Waals surface area contributed by atoms with Gasteiger partial charge in [0.1, 0.15) is 46.4 Å². The number of hydrogen-bond acceptors (Lipinski definition) is 19. The molecule has 26 nitrogen and oxygen atoms in total. The number of methoxy groups -OCH3 is 2. The van der Waals surface area contributed by atoms with Crippen molar-refractivity contribution in [1.29, 1.82) is 10.5 Å². The van der Waals surface area contributed by atoms with Crippen molar-refractivity contribution in [2.45, 2.75) is 18.6 Å². The zero-order chi connectivity index (χ0) is 50.3. The summed E-state index contributed by atoms with van der Waals surface area (Å²) in [6.45, 7) is -0.0312. The standard InChI is InChI=1S/C46H33N19O7/c1-71-32-17-9-3-11-24(32)21-49-42(68)34(36-52-29-14-6-4-12-27(29)40(66)55-36)60-62-38-25(19-47)22-50-64(38)44-57-45(59-46(70)58-44)65-39(26(20-48)23-51-65)63-61-35(43(69)54-31-16-8-10-18-33(31)72-2)37-53-30-15-7-5-13-28(30)41(67)56-37/h3-18,22-23,34-35H,21H2,1-2H3,(H,49,68)(H,54,69)(H,52,55,66)(H,53,56,67)(H,57,58,59,70). The first-order valence-corrected chi connectivity index (χ1v) is 21.2. The van der Waals surface area contributed by atoms with Gasteiger partial charge in [-0.15, -0.1) is 10.2 Å². The van der Waals surface area contributed by atoms with E-state index in [2.05, 4.69) is 76.2 Å². The molecule has 0 radical (unpaired) electrons. The number of amides is 2. The van der Waals surface area contributed by atoms with Crippen molar-refractivity contribution in [3.63, 3.8) is 0 Å². The van der Waals surface area contributed by atoms with E-state index < -0.39 is 52.6 Å².